The van der Waals surface area contributed by atoms with Crippen molar-refractivity contribution < 1.29 is 14.2 Å². The Bertz CT molecular complexity index is 741. The molecule has 25 heavy (non-hydrogen) atoms. The number of ether oxygens (including phenoxy) is 3. The highest BCUT2D eigenvalue weighted by molar-refractivity contribution is 5.79. The fourth-order valence-corrected chi connectivity index (χ4v) is 3.09. The third-order valence-electron chi connectivity index (χ3n) is 4.45. The van der Waals surface area contributed by atoms with Crippen LogP contribution in [-0.2, 0) is 6.42 Å². The highest BCUT2D eigenvalue weighted by Gasteiger charge is 2.22. The van der Waals surface area contributed by atoms with Gasteiger partial charge in [-0.1, -0.05) is 0 Å². The minimum absolute atomic E-state index is 0.179. The van der Waals surface area contributed by atoms with E-state index in [9.17, 15) is 0 Å². The molecule has 1 aliphatic rings. The summed E-state index contributed by atoms with van der Waals surface area (Å²) >= 11 is 0. The highest BCUT2D eigenvalue weighted by Crippen LogP contribution is 2.35. The van der Waals surface area contributed by atoms with Crippen molar-refractivity contribution >= 4 is 6.21 Å². The number of benzene rings is 2. The van der Waals surface area contributed by atoms with E-state index in [0.717, 1.165) is 35.8 Å². The predicted molar refractivity (Wildman–Crippen MR) is 99.4 cm³/mol. The molecule has 0 saturated heterocycles. The molecule has 0 fully saturated rings. The number of hydrogen-bond acceptors (Lipinski definition) is 5. The lowest BCUT2D eigenvalue weighted by Crippen LogP contribution is -2.31. The molecule has 1 N–H and O–H groups in total. The van der Waals surface area contributed by atoms with Gasteiger partial charge in [-0.2, -0.15) is 0 Å². The number of methoxy groups -OCH3 is 3. The van der Waals surface area contributed by atoms with Gasteiger partial charge in [-0.05, 0) is 66.1 Å². The molecule has 0 amide bonds. The zero-order valence-electron chi connectivity index (χ0n) is 14.9. The molecule has 1 unspecified atom stereocenters. The largest absolute Gasteiger partial charge is 0.497 e. The Labute approximate surface area is 148 Å². The Morgan fingerprint density at radius 2 is 1.76 bits per heavy atom. The summed E-state index contributed by atoms with van der Waals surface area (Å²) in [5.74, 6) is 2.39. The van der Waals surface area contributed by atoms with E-state index in [0.29, 0.717) is 6.54 Å². The van der Waals surface area contributed by atoms with E-state index in [2.05, 4.69) is 22.4 Å². The second kappa shape index (κ2) is 8.03. The van der Waals surface area contributed by atoms with Gasteiger partial charge < -0.3 is 19.5 Å². The first-order chi connectivity index (χ1) is 12.2. The van der Waals surface area contributed by atoms with Crippen LogP contribution in [0.1, 0.15) is 22.7 Å². The van der Waals surface area contributed by atoms with Crippen molar-refractivity contribution in [3.63, 3.8) is 0 Å². The molecule has 1 heterocycles. The molecule has 0 spiro atoms. The zero-order chi connectivity index (χ0) is 17.6. The Morgan fingerprint density at radius 3 is 2.44 bits per heavy atom. The first-order valence-corrected chi connectivity index (χ1v) is 8.37. The third kappa shape index (κ3) is 3.94. The second-order valence-corrected chi connectivity index (χ2v) is 5.93. The summed E-state index contributed by atoms with van der Waals surface area (Å²) in [4.78, 5) is 4.62. The first kappa shape index (κ1) is 17.3. The lowest BCUT2D eigenvalue weighted by molar-refractivity contribution is 0.352. The van der Waals surface area contributed by atoms with Crippen LogP contribution >= 0.6 is 0 Å². The lowest BCUT2D eigenvalue weighted by Gasteiger charge is -2.27. The van der Waals surface area contributed by atoms with Gasteiger partial charge in [-0.3, -0.25) is 4.99 Å². The summed E-state index contributed by atoms with van der Waals surface area (Å²) < 4.78 is 16.0. The van der Waals surface area contributed by atoms with Crippen LogP contribution in [0, 0.1) is 0 Å². The Morgan fingerprint density at radius 1 is 1.04 bits per heavy atom. The monoisotopic (exact) mass is 340 g/mol. The van der Waals surface area contributed by atoms with Gasteiger partial charge in [0.25, 0.3) is 0 Å². The molecule has 3 rings (SSSR count). The molecule has 132 valence electrons. The fourth-order valence-electron chi connectivity index (χ4n) is 3.09. The molecule has 2 aromatic rings. The Hall–Kier alpha value is -2.53. The molecule has 0 bridgehead atoms. The van der Waals surface area contributed by atoms with Crippen LogP contribution in [0.25, 0.3) is 0 Å². The summed E-state index contributed by atoms with van der Waals surface area (Å²) in [7, 11) is 5.00. The molecule has 1 aliphatic heterocycles. The highest BCUT2D eigenvalue weighted by atomic mass is 16.5. The number of hydrogen-bond donors (Lipinski definition) is 1. The molecule has 0 aromatic heterocycles. The molecular formula is C20H24N2O3. The SMILES string of the molecule is COc1ccc(C=NCC2NCCc3cc(OC)c(OC)cc32)cc1. The minimum Gasteiger partial charge on any atom is -0.497 e. The summed E-state index contributed by atoms with van der Waals surface area (Å²) in [6, 6.07) is 12.2. The van der Waals surface area contributed by atoms with Crippen molar-refractivity contribution in [3.05, 3.63) is 53.1 Å². The van der Waals surface area contributed by atoms with Gasteiger partial charge in [-0.25, -0.2) is 0 Å². The first-order valence-electron chi connectivity index (χ1n) is 8.37. The van der Waals surface area contributed by atoms with Crippen LogP contribution in [0.2, 0.25) is 0 Å². The summed E-state index contributed by atoms with van der Waals surface area (Å²) in [6.07, 6.45) is 2.88. The van der Waals surface area contributed by atoms with E-state index in [1.54, 1.807) is 21.3 Å². The fraction of sp³-hybridized carbons (Fsp3) is 0.350. The van der Waals surface area contributed by atoms with E-state index < -0.39 is 0 Å². The number of rotatable bonds is 6. The van der Waals surface area contributed by atoms with Gasteiger partial charge in [-0.15, -0.1) is 0 Å². The molecule has 2 aromatic carbocycles. The quantitative estimate of drug-likeness (QED) is 0.822. The van der Waals surface area contributed by atoms with E-state index in [1.165, 1.54) is 11.1 Å². The molecular weight excluding hydrogens is 316 g/mol. The van der Waals surface area contributed by atoms with E-state index in [4.69, 9.17) is 14.2 Å². The van der Waals surface area contributed by atoms with Gasteiger partial charge in [0.2, 0.25) is 0 Å². The van der Waals surface area contributed by atoms with E-state index in [-0.39, 0.29) is 6.04 Å². The number of aliphatic imine (C=N–C) groups is 1. The average Bonchev–Trinajstić information content (AvgIpc) is 2.67. The Balaban J connectivity index is 1.75. The number of fused-ring (bicyclic) bond motifs is 1. The summed E-state index contributed by atoms with van der Waals surface area (Å²) in [5, 5.41) is 3.54. The van der Waals surface area contributed by atoms with Gasteiger partial charge in [0.05, 0.1) is 33.9 Å². The number of nitrogens with zero attached hydrogens (tertiary/aromatic N) is 1. The van der Waals surface area contributed by atoms with Gasteiger partial charge in [0.15, 0.2) is 11.5 Å². The van der Waals surface area contributed by atoms with Crippen molar-refractivity contribution in [1.82, 2.24) is 5.32 Å². The molecule has 1 atom stereocenters. The zero-order valence-corrected chi connectivity index (χ0v) is 14.9. The molecule has 5 heteroatoms. The van der Waals surface area contributed by atoms with Crippen molar-refractivity contribution in [2.24, 2.45) is 4.99 Å². The van der Waals surface area contributed by atoms with Crippen LogP contribution < -0.4 is 19.5 Å². The predicted octanol–water partition coefficient (Wildman–Crippen LogP) is 3.02. The van der Waals surface area contributed by atoms with Crippen LogP contribution in [0.15, 0.2) is 41.4 Å². The maximum absolute atomic E-state index is 5.44. The maximum atomic E-state index is 5.44. The molecule has 0 aliphatic carbocycles. The minimum atomic E-state index is 0.179. The topological polar surface area (TPSA) is 52.1 Å². The standard InChI is InChI=1S/C20H24N2O3/c1-23-16-6-4-14(5-7-16)12-21-13-18-17-11-20(25-3)19(24-2)10-15(17)8-9-22-18/h4-7,10-12,18,22H,8-9,13H2,1-3H3. The van der Waals surface area contributed by atoms with Crippen LogP contribution in [0.3, 0.4) is 0 Å². The van der Waals surface area contributed by atoms with E-state index >= 15 is 0 Å². The lowest BCUT2D eigenvalue weighted by atomic mass is 9.93. The van der Waals surface area contributed by atoms with Crippen LogP contribution in [-0.4, -0.2) is 40.6 Å². The maximum Gasteiger partial charge on any atom is 0.161 e. The van der Waals surface area contributed by atoms with Gasteiger partial charge >= 0.3 is 0 Å². The van der Waals surface area contributed by atoms with Crippen molar-refractivity contribution in [3.8, 4) is 17.2 Å². The van der Waals surface area contributed by atoms with Crippen LogP contribution in [0.5, 0.6) is 17.2 Å². The molecule has 0 radical (unpaired) electrons. The normalized spacial score (nSPS) is 16.5. The molecule has 0 saturated carbocycles. The summed E-state index contributed by atoms with van der Waals surface area (Å²) in [6.45, 7) is 1.61. The Kier molecular flexibility index (Phi) is 5.56. The van der Waals surface area contributed by atoms with Gasteiger partial charge in [0.1, 0.15) is 5.75 Å². The van der Waals surface area contributed by atoms with Gasteiger partial charge in [0, 0.05) is 6.21 Å². The van der Waals surface area contributed by atoms with E-state index in [1.807, 2.05) is 30.5 Å². The second-order valence-electron chi connectivity index (χ2n) is 5.93. The average molecular weight is 340 g/mol. The molecule has 5 nitrogen and oxygen atoms in total. The smallest absolute Gasteiger partial charge is 0.161 e. The van der Waals surface area contributed by atoms with Crippen LogP contribution in [0.4, 0.5) is 0 Å². The van der Waals surface area contributed by atoms with Crippen molar-refractivity contribution in [1.29, 1.82) is 0 Å². The van der Waals surface area contributed by atoms with Crippen molar-refractivity contribution in [2.45, 2.75) is 12.5 Å². The summed E-state index contributed by atoms with van der Waals surface area (Å²) in [5.41, 5.74) is 3.58. The number of nitrogens with one attached hydrogen (secondary N) is 1. The van der Waals surface area contributed by atoms with Crippen molar-refractivity contribution in [2.75, 3.05) is 34.4 Å². The third-order valence-corrected chi connectivity index (χ3v) is 4.45.